The molecule has 0 aliphatic carbocycles. The summed E-state index contributed by atoms with van der Waals surface area (Å²) >= 11 is 0. The molecule has 14 heteroatoms. The molecule has 2 aromatic heterocycles. The second-order valence-electron chi connectivity index (χ2n) is 13.6. The van der Waals surface area contributed by atoms with Crippen LogP contribution in [0.5, 0.6) is 23.1 Å². The number of hydrogen-bond acceptors (Lipinski definition) is 11. The highest BCUT2D eigenvalue weighted by Gasteiger charge is 2.20. The van der Waals surface area contributed by atoms with Crippen molar-refractivity contribution in [1.29, 1.82) is 0 Å². The molecular formula is C41H45N5O9. The van der Waals surface area contributed by atoms with E-state index in [9.17, 15) is 9.59 Å². The second-order valence-corrected chi connectivity index (χ2v) is 13.6. The number of amides is 2. The highest BCUT2D eigenvalue weighted by atomic mass is 16.6. The largest absolute Gasteiger partial charge is 0.497 e. The highest BCUT2D eigenvalue weighted by molar-refractivity contribution is 6.09. The van der Waals surface area contributed by atoms with Crippen LogP contribution in [-0.4, -0.2) is 74.8 Å². The lowest BCUT2D eigenvalue weighted by atomic mass is 9.86. The Morgan fingerprint density at radius 1 is 0.818 bits per heavy atom. The van der Waals surface area contributed by atoms with E-state index in [1.165, 1.54) is 0 Å². The molecule has 2 amide bonds. The van der Waals surface area contributed by atoms with Crippen LogP contribution in [0.15, 0.2) is 88.2 Å². The number of benzene rings is 4. The summed E-state index contributed by atoms with van der Waals surface area (Å²) < 4.78 is 39.1. The third-order valence-electron chi connectivity index (χ3n) is 8.50. The Bertz CT molecular complexity index is 2300. The molecule has 0 radical (unpaired) electrons. The molecular weight excluding hydrogens is 706 g/mol. The summed E-state index contributed by atoms with van der Waals surface area (Å²) in [5.74, 6) is 2.11. The summed E-state index contributed by atoms with van der Waals surface area (Å²) in [5, 5.41) is 7.30. The van der Waals surface area contributed by atoms with Crippen molar-refractivity contribution < 1.29 is 37.6 Å². The summed E-state index contributed by atoms with van der Waals surface area (Å²) in [6.07, 6.45) is 2.04. The maximum atomic E-state index is 13.4. The zero-order valence-electron chi connectivity index (χ0n) is 31.5. The van der Waals surface area contributed by atoms with Crippen molar-refractivity contribution in [3.05, 3.63) is 106 Å². The molecule has 0 atom stereocenters. The predicted octanol–water partition coefficient (Wildman–Crippen LogP) is 7.46. The van der Waals surface area contributed by atoms with Gasteiger partial charge in [-0.25, -0.2) is 14.6 Å². The van der Waals surface area contributed by atoms with Gasteiger partial charge in [0, 0.05) is 42.6 Å². The molecule has 3 N–H and O–H groups in total. The molecule has 2 heterocycles. The van der Waals surface area contributed by atoms with Gasteiger partial charge in [0.15, 0.2) is 5.58 Å². The van der Waals surface area contributed by atoms with Crippen molar-refractivity contribution in [2.24, 2.45) is 0 Å². The van der Waals surface area contributed by atoms with E-state index in [-0.39, 0.29) is 11.0 Å². The van der Waals surface area contributed by atoms with E-state index < -0.39 is 11.8 Å². The highest BCUT2D eigenvalue weighted by Crippen LogP contribution is 2.35. The van der Waals surface area contributed by atoms with Crippen LogP contribution < -0.4 is 30.6 Å². The lowest BCUT2D eigenvalue weighted by Crippen LogP contribution is -2.20. The van der Waals surface area contributed by atoms with Crippen LogP contribution in [0.1, 0.15) is 37.7 Å². The number of H-pyrrole nitrogens is 1. The maximum Gasteiger partial charge on any atom is 0.417 e. The number of urea groups is 1. The number of oxazole rings is 1. The molecule has 55 heavy (non-hydrogen) atoms. The third kappa shape index (κ3) is 10.4. The Kier molecular flexibility index (Phi) is 12.6. The molecule has 0 saturated carbocycles. The number of rotatable bonds is 17. The van der Waals surface area contributed by atoms with Gasteiger partial charge in [-0.1, -0.05) is 45.0 Å². The Labute approximate surface area is 318 Å². The van der Waals surface area contributed by atoms with Gasteiger partial charge in [-0.15, -0.1) is 0 Å². The van der Waals surface area contributed by atoms with Crippen molar-refractivity contribution >= 4 is 39.3 Å². The molecule has 6 aromatic rings. The molecule has 0 spiro atoms. The first-order valence-corrected chi connectivity index (χ1v) is 17.8. The lowest BCUT2D eigenvalue weighted by Gasteiger charge is -2.20. The number of anilines is 2. The van der Waals surface area contributed by atoms with Gasteiger partial charge in [-0.3, -0.25) is 4.98 Å². The summed E-state index contributed by atoms with van der Waals surface area (Å²) in [4.78, 5) is 37.2. The van der Waals surface area contributed by atoms with Crippen molar-refractivity contribution in [1.82, 2.24) is 15.0 Å². The van der Waals surface area contributed by atoms with Crippen LogP contribution >= 0.6 is 0 Å². The average Bonchev–Trinajstić information content (AvgIpc) is 3.55. The van der Waals surface area contributed by atoms with E-state index in [1.54, 1.807) is 38.6 Å². The maximum absolute atomic E-state index is 13.4. The minimum Gasteiger partial charge on any atom is -0.497 e. The first-order chi connectivity index (χ1) is 26.6. The van der Waals surface area contributed by atoms with Gasteiger partial charge in [0.2, 0.25) is 5.88 Å². The number of nitrogens with zero attached hydrogens (tertiary/aromatic N) is 2. The normalized spacial score (nSPS) is 11.5. The van der Waals surface area contributed by atoms with Gasteiger partial charge in [0.25, 0.3) is 0 Å². The molecule has 288 valence electrons. The first kappa shape index (κ1) is 38.8. The van der Waals surface area contributed by atoms with Crippen LogP contribution in [0.4, 0.5) is 16.2 Å². The van der Waals surface area contributed by atoms with Crippen molar-refractivity contribution in [2.75, 3.05) is 64.5 Å². The van der Waals surface area contributed by atoms with Crippen molar-refractivity contribution in [3.63, 3.8) is 0 Å². The third-order valence-corrected chi connectivity index (χ3v) is 8.50. The summed E-state index contributed by atoms with van der Waals surface area (Å²) in [5.41, 5.74) is 3.27. The molecule has 0 aliphatic rings. The Morgan fingerprint density at radius 3 is 2.31 bits per heavy atom. The van der Waals surface area contributed by atoms with Crippen molar-refractivity contribution in [3.8, 4) is 23.1 Å². The predicted molar refractivity (Wildman–Crippen MR) is 209 cm³/mol. The smallest absolute Gasteiger partial charge is 0.417 e. The van der Waals surface area contributed by atoms with Gasteiger partial charge in [0.1, 0.15) is 29.7 Å². The van der Waals surface area contributed by atoms with Crippen LogP contribution in [0.25, 0.3) is 21.9 Å². The van der Waals surface area contributed by atoms with E-state index >= 15 is 0 Å². The topological polar surface area (TPSA) is 168 Å². The molecule has 0 saturated heterocycles. The van der Waals surface area contributed by atoms with E-state index in [0.29, 0.717) is 91.9 Å². The van der Waals surface area contributed by atoms with E-state index in [4.69, 9.17) is 32.8 Å². The summed E-state index contributed by atoms with van der Waals surface area (Å²) in [6, 6.07) is 21.6. The molecule has 0 fully saturated rings. The molecule has 14 nitrogen and oxygen atoms in total. The number of fused-ring (bicyclic) bond motifs is 2. The SMILES string of the molecule is COCCOCCOCCOc1cc(Cc2nccc(Oc3ccc(NC(=O)Nc4cc(C(C)(C)C)cc5[nH]c(=O)oc45)c4ccccc34)n2)cc(OC)c1. The minimum absolute atomic E-state index is 0.240. The molecule has 0 bridgehead atoms. The molecule has 6 rings (SSSR count). The number of methoxy groups -OCH3 is 2. The number of nitrogens with one attached hydrogen (secondary N) is 3. The van der Waals surface area contributed by atoms with Crippen LogP contribution in [0.2, 0.25) is 0 Å². The minimum atomic E-state index is -0.601. The number of aromatic amines is 1. The van der Waals surface area contributed by atoms with E-state index in [0.717, 1.165) is 21.9 Å². The fourth-order valence-electron chi connectivity index (χ4n) is 5.77. The zero-order chi connectivity index (χ0) is 38.8. The molecule has 0 unspecified atom stereocenters. The Hall–Kier alpha value is -5.96. The van der Waals surface area contributed by atoms with Gasteiger partial charge < -0.3 is 43.5 Å². The van der Waals surface area contributed by atoms with Crippen molar-refractivity contribution in [2.45, 2.75) is 32.6 Å². The number of hydrogen-bond donors (Lipinski definition) is 3. The summed E-state index contributed by atoms with van der Waals surface area (Å²) in [6.45, 7) is 8.94. The monoisotopic (exact) mass is 751 g/mol. The lowest BCUT2D eigenvalue weighted by molar-refractivity contribution is 0.0179. The first-order valence-electron chi connectivity index (χ1n) is 17.8. The van der Waals surface area contributed by atoms with Crippen LogP contribution in [0.3, 0.4) is 0 Å². The average molecular weight is 752 g/mol. The number of aromatic nitrogens is 3. The standard InChI is InChI=1S/C41H45N5O9/c1-41(2,3)27-23-33(38-34(24-27)45-40(48)55-38)44-39(47)43-32-10-11-35(31-9-7-6-8-30(31)32)54-37-12-13-42-36(46-37)22-26-20-28(50-5)25-29(21-26)53-19-18-52-17-16-51-15-14-49-4/h6-13,20-21,23-25H,14-19,22H2,1-5H3,(H,45,48)(H2,43,44,47). The number of carbonyl (C=O) groups excluding carboxylic acids is 1. The van der Waals surface area contributed by atoms with Gasteiger partial charge in [-0.2, -0.15) is 4.98 Å². The zero-order valence-corrected chi connectivity index (χ0v) is 31.5. The quantitative estimate of drug-likeness (QED) is 0.0792. The molecule has 0 aliphatic heterocycles. The van der Waals surface area contributed by atoms with E-state index in [2.05, 4.69) is 25.6 Å². The number of carbonyl (C=O) groups is 1. The Balaban J connectivity index is 1.12. The van der Waals surface area contributed by atoms with E-state index in [1.807, 2.05) is 75.4 Å². The fraction of sp³-hybridized carbons (Fsp3) is 0.317. The van der Waals surface area contributed by atoms with Gasteiger partial charge in [0.05, 0.1) is 57.0 Å². The Morgan fingerprint density at radius 2 is 1.55 bits per heavy atom. The molecule has 4 aromatic carbocycles. The second kappa shape index (κ2) is 17.9. The fourth-order valence-corrected chi connectivity index (χ4v) is 5.77. The van der Waals surface area contributed by atoms with Crippen LogP contribution in [-0.2, 0) is 26.0 Å². The van der Waals surface area contributed by atoms with Gasteiger partial charge >= 0.3 is 11.8 Å². The van der Waals surface area contributed by atoms with Crippen LogP contribution in [0, 0.1) is 0 Å². The summed E-state index contributed by atoms with van der Waals surface area (Å²) in [7, 11) is 3.24. The number of ether oxygens (including phenoxy) is 6. The van der Waals surface area contributed by atoms with Gasteiger partial charge in [-0.05, 0) is 52.9 Å².